The van der Waals surface area contributed by atoms with Crippen LogP contribution < -0.4 is 10.6 Å². The van der Waals surface area contributed by atoms with Crippen LogP contribution in [0.5, 0.6) is 0 Å². The molecule has 1 aromatic heterocycles. The molecule has 5 nitrogen and oxygen atoms in total. The number of rotatable bonds is 8. The maximum absolute atomic E-state index is 11.9. The number of aromatic nitrogens is 1. The first kappa shape index (κ1) is 15.7. The van der Waals surface area contributed by atoms with Crippen LogP contribution in [0.4, 0.5) is 0 Å². The normalized spacial score (nSPS) is 14.1. The lowest BCUT2D eigenvalue weighted by molar-refractivity contribution is 0.0940. The van der Waals surface area contributed by atoms with Crippen LogP contribution >= 0.6 is 0 Å². The van der Waals surface area contributed by atoms with Gasteiger partial charge >= 0.3 is 0 Å². The molecule has 108 valence electrons. The van der Waals surface area contributed by atoms with Gasteiger partial charge in [0.05, 0.1) is 0 Å². The number of amides is 1. The van der Waals surface area contributed by atoms with E-state index in [4.69, 9.17) is 4.52 Å². The summed E-state index contributed by atoms with van der Waals surface area (Å²) in [6, 6.07) is 1.69. The van der Waals surface area contributed by atoms with Crippen LogP contribution in [0.1, 0.15) is 56.8 Å². The van der Waals surface area contributed by atoms with Crippen molar-refractivity contribution in [2.24, 2.45) is 0 Å². The lowest BCUT2D eigenvalue weighted by Gasteiger charge is -2.29. The third-order valence-corrected chi connectivity index (χ3v) is 3.49. The van der Waals surface area contributed by atoms with E-state index in [0.717, 1.165) is 31.6 Å². The molecule has 0 radical (unpaired) electrons. The van der Waals surface area contributed by atoms with Gasteiger partial charge in [-0.25, -0.2) is 0 Å². The summed E-state index contributed by atoms with van der Waals surface area (Å²) in [7, 11) is 0. The Morgan fingerprint density at radius 1 is 1.42 bits per heavy atom. The highest BCUT2D eigenvalue weighted by atomic mass is 16.5. The molecule has 1 atom stereocenters. The van der Waals surface area contributed by atoms with Gasteiger partial charge in [-0.3, -0.25) is 4.79 Å². The SMILES string of the molecule is CCNC(C)(CC)CCNC(=O)c1cc(CC)on1. The van der Waals surface area contributed by atoms with Gasteiger partial charge in [-0.2, -0.15) is 0 Å². The van der Waals surface area contributed by atoms with Gasteiger partial charge < -0.3 is 15.2 Å². The van der Waals surface area contributed by atoms with Crippen LogP contribution in [0.3, 0.4) is 0 Å². The van der Waals surface area contributed by atoms with E-state index in [1.807, 2.05) is 6.92 Å². The van der Waals surface area contributed by atoms with E-state index in [0.29, 0.717) is 12.2 Å². The third kappa shape index (κ3) is 4.67. The standard InChI is InChI=1S/C14H25N3O2/c1-5-11-10-12(17-19-11)13(18)15-9-8-14(4,6-2)16-7-3/h10,16H,5-9H2,1-4H3,(H,15,18). The Hall–Kier alpha value is -1.36. The summed E-state index contributed by atoms with van der Waals surface area (Å²) in [4.78, 5) is 11.9. The van der Waals surface area contributed by atoms with Crippen molar-refractivity contribution in [3.05, 3.63) is 17.5 Å². The Kier molecular flexibility index (Phi) is 6.02. The van der Waals surface area contributed by atoms with Crippen molar-refractivity contribution in [1.29, 1.82) is 0 Å². The Labute approximate surface area is 115 Å². The Morgan fingerprint density at radius 2 is 2.16 bits per heavy atom. The van der Waals surface area contributed by atoms with Crippen LogP contribution in [-0.4, -0.2) is 29.7 Å². The monoisotopic (exact) mass is 267 g/mol. The molecule has 1 amide bonds. The molecule has 0 aliphatic rings. The Bertz CT molecular complexity index is 403. The van der Waals surface area contributed by atoms with Crippen LogP contribution in [-0.2, 0) is 6.42 Å². The average molecular weight is 267 g/mol. The molecule has 0 aromatic carbocycles. The quantitative estimate of drug-likeness (QED) is 0.757. The van der Waals surface area contributed by atoms with Gasteiger partial charge in [0.25, 0.3) is 5.91 Å². The van der Waals surface area contributed by atoms with Crippen LogP contribution in [0, 0.1) is 0 Å². The summed E-state index contributed by atoms with van der Waals surface area (Å²) in [5, 5.41) is 10.1. The number of carbonyl (C=O) groups is 1. The number of nitrogens with zero attached hydrogens (tertiary/aromatic N) is 1. The zero-order valence-corrected chi connectivity index (χ0v) is 12.4. The number of aryl methyl sites for hydroxylation is 1. The molecule has 0 saturated heterocycles. The van der Waals surface area contributed by atoms with Gasteiger partial charge in [-0.05, 0) is 26.3 Å². The number of hydrogen-bond acceptors (Lipinski definition) is 4. The van der Waals surface area contributed by atoms with Gasteiger partial charge in [-0.15, -0.1) is 0 Å². The Balaban J connectivity index is 2.42. The van der Waals surface area contributed by atoms with Crippen molar-refractivity contribution >= 4 is 5.91 Å². The van der Waals surface area contributed by atoms with Gasteiger partial charge in [0.15, 0.2) is 5.69 Å². The van der Waals surface area contributed by atoms with Gasteiger partial charge in [-0.1, -0.05) is 25.9 Å². The fraction of sp³-hybridized carbons (Fsp3) is 0.714. The van der Waals surface area contributed by atoms with E-state index in [9.17, 15) is 4.79 Å². The lowest BCUT2D eigenvalue weighted by Crippen LogP contribution is -2.44. The molecule has 19 heavy (non-hydrogen) atoms. The van der Waals surface area contributed by atoms with E-state index in [1.54, 1.807) is 6.07 Å². The summed E-state index contributed by atoms with van der Waals surface area (Å²) >= 11 is 0. The fourth-order valence-electron chi connectivity index (χ4n) is 1.95. The molecule has 0 aliphatic carbocycles. The summed E-state index contributed by atoms with van der Waals surface area (Å²) < 4.78 is 5.02. The highest BCUT2D eigenvalue weighted by Crippen LogP contribution is 2.13. The first-order valence-corrected chi connectivity index (χ1v) is 7.03. The zero-order valence-electron chi connectivity index (χ0n) is 12.4. The molecule has 2 N–H and O–H groups in total. The van der Waals surface area contributed by atoms with E-state index >= 15 is 0 Å². The van der Waals surface area contributed by atoms with Gasteiger partial charge in [0, 0.05) is 24.6 Å². The average Bonchev–Trinajstić information content (AvgIpc) is 2.87. The summed E-state index contributed by atoms with van der Waals surface area (Å²) in [5.74, 6) is 0.564. The van der Waals surface area contributed by atoms with Crippen LogP contribution in [0.15, 0.2) is 10.6 Å². The predicted octanol–water partition coefficient (Wildman–Crippen LogP) is 2.14. The third-order valence-electron chi connectivity index (χ3n) is 3.49. The van der Waals surface area contributed by atoms with Crippen molar-refractivity contribution in [1.82, 2.24) is 15.8 Å². The van der Waals surface area contributed by atoms with E-state index in [-0.39, 0.29) is 11.4 Å². The van der Waals surface area contributed by atoms with Crippen molar-refractivity contribution in [2.75, 3.05) is 13.1 Å². The minimum Gasteiger partial charge on any atom is -0.361 e. The van der Waals surface area contributed by atoms with Crippen LogP contribution in [0.2, 0.25) is 0 Å². The maximum atomic E-state index is 11.9. The van der Waals surface area contributed by atoms with E-state index in [1.165, 1.54) is 0 Å². The van der Waals surface area contributed by atoms with Crippen molar-refractivity contribution < 1.29 is 9.32 Å². The summed E-state index contributed by atoms with van der Waals surface area (Å²) in [5.41, 5.74) is 0.430. The van der Waals surface area contributed by atoms with E-state index < -0.39 is 0 Å². The molecule has 0 saturated carbocycles. The highest BCUT2D eigenvalue weighted by Gasteiger charge is 2.20. The summed E-state index contributed by atoms with van der Waals surface area (Å²) in [6.07, 6.45) is 2.66. The smallest absolute Gasteiger partial charge is 0.273 e. The molecule has 0 bridgehead atoms. The first-order chi connectivity index (χ1) is 9.04. The minimum absolute atomic E-state index is 0.0699. The maximum Gasteiger partial charge on any atom is 0.273 e. The van der Waals surface area contributed by atoms with Crippen molar-refractivity contribution in [2.45, 2.75) is 52.5 Å². The minimum atomic E-state index is -0.168. The Morgan fingerprint density at radius 3 is 2.68 bits per heavy atom. The second-order valence-electron chi connectivity index (χ2n) is 4.98. The molecule has 0 spiro atoms. The highest BCUT2D eigenvalue weighted by molar-refractivity contribution is 5.92. The molecule has 1 heterocycles. The molecule has 0 fully saturated rings. The van der Waals surface area contributed by atoms with Crippen molar-refractivity contribution in [3.63, 3.8) is 0 Å². The second-order valence-corrected chi connectivity index (χ2v) is 4.98. The van der Waals surface area contributed by atoms with Gasteiger partial charge in [0.2, 0.25) is 0 Å². The number of carbonyl (C=O) groups excluding carboxylic acids is 1. The molecule has 1 rings (SSSR count). The summed E-state index contributed by atoms with van der Waals surface area (Å²) in [6.45, 7) is 9.94. The zero-order chi connectivity index (χ0) is 14.3. The molecular formula is C14H25N3O2. The first-order valence-electron chi connectivity index (χ1n) is 7.03. The fourth-order valence-corrected chi connectivity index (χ4v) is 1.95. The predicted molar refractivity (Wildman–Crippen MR) is 75.2 cm³/mol. The van der Waals surface area contributed by atoms with Crippen LogP contribution in [0.25, 0.3) is 0 Å². The topological polar surface area (TPSA) is 67.2 Å². The van der Waals surface area contributed by atoms with Crippen molar-refractivity contribution in [3.8, 4) is 0 Å². The van der Waals surface area contributed by atoms with Gasteiger partial charge in [0.1, 0.15) is 5.76 Å². The lowest BCUT2D eigenvalue weighted by atomic mass is 9.94. The molecule has 1 unspecified atom stereocenters. The molecular weight excluding hydrogens is 242 g/mol. The molecule has 5 heteroatoms. The number of hydrogen-bond donors (Lipinski definition) is 2. The molecule has 1 aromatic rings. The molecule has 0 aliphatic heterocycles. The second kappa shape index (κ2) is 7.28. The van der Waals surface area contributed by atoms with E-state index in [2.05, 4.69) is 36.6 Å². The number of nitrogens with one attached hydrogen (secondary N) is 2. The largest absolute Gasteiger partial charge is 0.361 e.